The van der Waals surface area contributed by atoms with E-state index in [-0.39, 0.29) is 9.63 Å². The summed E-state index contributed by atoms with van der Waals surface area (Å²) in [6, 6.07) is 0. The molecule has 1 saturated heterocycles. The number of hydrogen-bond donors (Lipinski definition) is 0. The minimum absolute atomic E-state index is 0.0671. The van der Waals surface area contributed by atoms with Crippen LogP contribution in [0.25, 0.3) is 0 Å². The lowest BCUT2D eigenvalue weighted by Crippen LogP contribution is -2.55. The van der Waals surface area contributed by atoms with Crippen molar-refractivity contribution in [3.8, 4) is 0 Å². The predicted octanol–water partition coefficient (Wildman–Crippen LogP) is 0.377. The van der Waals surface area contributed by atoms with Gasteiger partial charge >= 0.3 is 0 Å². The SMILES string of the molecule is Cn1nnc(Br)c1S(=O)(=O)N1CCOCC1(C)C. The average Bonchev–Trinajstić information content (AvgIpc) is 2.57. The average molecular weight is 339 g/mol. The van der Waals surface area contributed by atoms with Gasteiger partial charge in [-0.25, -0.2) is 13.1 Å². The number of ether oxygens (including phenoxy) is 1. The Labute approximate surface area is 114 Å². The Hall–Kier alpha value is -0.510. The maximum Gasteiger partial charge on any atom is 0.263 e. The lowest BCUT2D eigenvalue weighted by atomic mass is 10.1. The molecule has 0 radical (unpaired) electrons. The molecule has 1 aromatic heterocycles. The molecular weight excluding hydrogens is 324 g/mol. The van der Waals surface area contributed by atoms with E-state index in [4.69, 9.17) is 4.74 Å². The molecule has 7 nitrogen and oxygen atoms in total. The molecule has 0 N–H and O–H groups in total. The first kappa shape index (κ1) is 13.9. The topological polar surface area (TPSA) is 77.3 Å². The van der Waals surface area contributed by atoms with E-state index in [1.165, 1.54) is 8.99 Å². The highest BCUT2D eigenvalue weighted by Crippen LogP contribution is 2.29. The van der Waals surface area contributed by atoms with Gasteiger partial charge in [0.25, 0.3) is 10.0 Å². The number of aryl methyl sites for hydroxylation is 1. The molecule has 0 saturated carbocycles. The zero-order valence-electron chi connectivity index (χ0n) is 10.4. The lowest BCUT2D eigenvalue weighted by Gasteiger charge is -2.40. The van der Waals surface area contributed by atoms with Gasteiger partial charge in [-0.15, -0.1) is 5.10 Å². The summed E-state index contributed by atoms with van der Waals surface area (Å²) in [4.78, 5) is 0. The second-order valence-electron chi connectivity index (χ2n) is 4.75. The first-order valence-corrected chi connectivity index (χ1v) is 7.66. The second kappa shape index (κ2) is 4.55. The molecule has 1 aromatic rings. The molecule has 1 aliphatic rings. The van der Waals surface area contributed by atoms with Crippen molar-refractivity contribution in [3.63, 3.8) is 0 Å². The largest absolute Gasteiger partial charge is 0.378 e. The van der Waals surface area contributed by atoms with E-state index >= 15 is 0 Å². The number of sulfonamides is 1. The van der Waals surface area contributed by atoms with E-state index in [9.17, 15) is 8.42 Å². The summed E-state index contributed by atoms with van der Waals surface area (Å²) in [6.07, 6.45) is 0. The van der Waals surface area contributed by atoms with Crippen molar-refractivity contribution in [1.82, 2.24) is 19.3 Å². The fourth-order valence-corrected chi connectivity index (χ4v) is 4.78. The van der Waals surface area contributed by atoms with Crippen molar-refractivity contribution in [2.75, 3.05) is 19.8 Å². The van der Waals surface area contributed by atoms with Crippen molar-refractivity contribution in [2.24, 2.45) is 7.05 Å². The van der Waals surface area contributed by atoms with Crippen molar-refractivity contribution in [2.45, 2.75) is 24.4 Å². The predicted molar refractivity (Wildman–Crippen MR) is 67.5 cm³/mol. The molecule has 18 heavy (non-hydrogen) atoms. The summed E-state index contributed by atoms with van der Waals surface area (Å²) >= 11 is 3.13. The first-order chi connectivity index (χ1) is 8.27. The summed E-state index contributed by atoms with van der Waals surface area (Å²) < 4.78 is 33.5. The van der Waals surface area contributed by atoms with Gasteiger partial charge in [0.2, 0.25) is 5.03 Å². The fraction of sp³-hybridized carbons (Fsp3) is 0.778. The van der Waals surface area contributed by atoms with Gasteiger partial charge in [-0.2, -0.15) is 4.31 Å². The molecule has 0 unspecified atom stereocenters. The van der Waals surface area contributed by atoms with Crippen LogP contribution in [0, 0.1) is 0 Å². The second-order valence-corrected chi connectivity index (χ2v) is 7.28. The maximum absolute atomic E-state index is 12.6. The standard InChI is InChI=1S/C9H15BrN4O3S/c1-9(2)6-17-5-4-14(9)18(15,16)8-7(10)11-12-13(8)3/h4-6H2,1-3H3. The van der Waals surface area contributed by atoms with E-state index in [0.717, 1.165) is 0 Å². The van der Waals surface area contributed by atoms with Crippen LogP contribution in [0.3, 0.4) is 0 Å². The van der Waals surface area contributed by atoms with Gasteiger partial charge in [-0.05, 0) is 29.8 Å². The fourth-order valence-electron chi connectivity index (χ4n) is 1.99. The van der Waals surface area contributed by atoms with Crippen LogP contribution in [0.4, 0.5) is 0 Å². The van der Waals surface area contributed by atoms with Crippen LogP contribution in [0.2, 0.25) is 0 Å². The van der Waals surface area contributed by atoms with Crippen molar-refractivity contribution >= 4 is 26.0 Å². The third-order valence-electron chi connectivity index (χ3n) is 2.84. The van der Waals surface area contributed by atoms with Crippen LogP contribution in [-0.4, -0.2) is 53.0 Å². The van der Waals surface area contributed by atoms with Crippen molar-refractivity contribution < 1.29 is 13.2 Å². The van der Waals surface area contributed by atoms with Gasteiger partial charge in [0.15, 0.2) is 4.60 Å². The molecule has 9 heteroatoms. The number of halogens is 1. The van der Waals surface area contributed by atoms with Crippen LogP contribution >= 0.6 is 15.9 Å². The number of morpholine rings is 1. The third-order valence-corrected chi connectivity index (χ3v) is 5.84. The van der Waals surface area contributed by atoms with Crippen molar-refractivity contribution in [1.29, 1.82) is 0 Å². The van der Waals surface area contributed by atoms with Gasteiger partial charge in [-0.3, -0.25) is 0 Å². The Kier molecular flexibility index (Phi) is 3.52. The minimum atomic E-state index is -3.64. The smallest absolute Gasteiger partial charge is 0.263 e. The molecule has 0 aromatic carbocycles. The zero-order valence-corrected chi connectivity index (χ0v) is 12.8. The Morgan fingerprint density at radius 2 is 2.11 bits per heavy atom. The Morgan fingerprint density at radius 3 is 2.61 bits per heavy atom. The summed E-state index contributed by atoms with van der Waals surface area (Å²) in [7, 11) is -2.09. The molecular formula is C9H15BrN4O3S. The van der Waals surface area contributed by atoms with E-state index in [2.05, 4.69) is 26.2 Å². The third kappa shape index (κ3) is 2.20. The van der Waals surface area contributed by atoms with E-state index in [0.29, 0.717) is 19.8 Å². The number of hydrogen-bond acceptors (Lipinski definition) is 5. The quantitative estimate of drug-likeness (QED) is 0.778. The number of nitrogens with zero attached hydrogens (tertiary/aromatic N) is 4. The van der Waals surface area contributed by atoms with Crippen LogP contribution in [0.15, 0.2) is 9.63 Å². The van der Waals surface area contributed by atoms with E-state index in [1.807, 2.05) is 13.8 Å². The summed E-state index contributed by atoms with van der Waals surface area (Å²) in [6.45, 7) is 4.76. The highest BCUT2D eigenvalue weighted by molar-refractivity contribution is 9.10. The van der Waals surface area contributed by atoms with Crippen LogP contribution in [-0.2, 0) is 21.8 Å². The maximum atomic E-state index is 12.6. The minimum Gasteiger partial charge on any atom is -0.378 e. The highest BCUT2D eigenvalue weighted by atomic mass is 79.9. The Bertz CT molecular complexity index is 535. The van der Waals surface area contributed by atoms with E-state index < -0.39 is 15.6 Å². The van der Waals surface area contributed by atoms with Crippen LogP contribution in [0.5, 0.6) is 0 Å². The van der Waals surface area contributed by atoms with Crippen LogP contribution < -0.4 is 0 Å². The molecule has 102 valence electrons. The van der Waals surface area contributed by atoms with Crippen molar-refractivity contribution in [3.05, 3.63) is 4.60 Å². The molecule has 2 rings (SSSR count). The normalized spacial score (nSPS) is 21.1. The monoisotopic (exact) mass is 338 g/mol. The molecule has 0 atom stereocenters. The highest BCUT2D eigenvalue weighted by Gasteiger charge is 2.42. The molecule has 0 amide bonds. The van der Waals surface area contributed by atoms with Gasteiger partial charge in [0, 0.05) is 13.6 Å². The lowest BCUT2D eigenvalue weighted by molar-refractivity contribution is -0.00793. The van der Waals surface area contributed by atoms with E-state index in [1.54, 1.807) is 7.05 Å². The zero-order chi connectivity index (χ0) is 13.6. The molecule has 0 bridgehead atoms. The molecule has 0 spiro atoms. The molecule has 1 fully saturated rings. The number of rotatable bonds is 2. The van der Waals surface area contributed by atoms with Gasteiger partial charge < -0.3 is 4.74 Å². The summed E-state index contributed by atoms with van der Waals surface area (Å²) in [5.41, 5.74) is -0.583. The van der Waals surface area contributed by atoms with Gasteiger partial charge in [0.05, 0.1) is 18.8 Å². The molecule has 0 aliphatic carbocycles. The Morgan fingerprint density at radius 1 is 1.44 bits per heavy atom. The molecule has 1 aliphatic heterocycles. The number of aromatic nitrogens is 3. The van der Waals surface area contributed by atoms with Gasteiger partial charge in [0.1, 0.15) is 0 Å². The van der Waals surface area contributed by atoms with Gasteiger partial charge in [-0.1, -0.05) is 5.21 Å². The molecule has 2 heterocycles. The first-order valence-electron chi connectivity index (χ1n) is 5.42. The summed E-state index contributed by atoms with van der Waals surface area (Å²) in [5, 5.41) is 7.49. The summed E-state index contributed by atoms with van der Waals surface area (Å²) in [5.74, 6) is 0. The van der Waals surface area contributed by atoms with Crippen LogP contribution in [0.1, 0.15) is 13.8 Å². The Balaban J connectivity index is 2.49.